The third kappa shape index (κ3) is 4.26. The highest BCUT2D eigenvalue weighted by Crippen LogP contribution is 2.15. The third-order valence-corrected chi connectivity index (χ3v) is 2.96. The summed E-state index contributed by atoms with van der Waals surface area (Å²) in [6, 6.07) is 11.4. The summed E-state index contributed by atoms with van der Waals surface area (Å²) >= 11 is 0. The number of oxime groups is 1. The number of halogens is 1. The van der Waals surface area contributed by atoms with Crippen LogP contribution < -0.4 is 10.1 Å². The van der Waals surface area contributed by atoms with E-state index in [0.29, 0.717) is 11.1 Å². The molecule has 1 aromatic carbocycles. The summed E-state index contributed by atoms with van der Waals surface area (Å²) < 4.78 is 18.5. The van der Waals surface area contributed by atoms with Crippen molar-refractivity contribution in [2.75, 3.05) is 14.2 Å². The molecule has 2 aromatic rings. The zero-order valence-electron chi connectivity index (χ0n) is 12.7. The van der Waals surface area contributed by atoms with Gasteiger partial charge in [-0.3, -0.25) is 4.79 Å². The van der Waals surface area contributed by atoms with E-state index in [0.717, 1.165) is 0 Å². The number of carbonyl (C=O) groups is 1. The Morgan fingerprint density at radius 1 is 1.26 bits per heavy atom. The highest BCUT2D eigenvalue weighted by atomic mass is 19.1. The van der Waals surface area contributed by atoms with Crippen LogP contribution in [-0.4, -0.2) is 30.8 Å². The highest BCUT2D eigenvalue weighted by molar-refractivity contribution is 6.45. The zero-order chi connectivity index (χ0) is 16.7. The first-order valence-electron chi connectivity index (χ1n) is 6.82. The predicted octanol–water partition coefficient (Wildman–Crippen LogP) is 1.90. The van der Waals surface area contributed by atoms with Crippen LogP contribution in [-0.2, 0) is 16.2 Å². The summed E-state index contributed by atoms with van der Waals surface area (Å²) in [5.41, 5.74) is 1.38. The monoisotopic (exact) mass is 317 g/mol. The number of carbonyl (C=O) groups excluding carboxylic acids is 1. The number of nitrogens with zero attached hydrogens (tertiary/aromatic N) is 2. The van der Waals surface area contributed by atoms with E-state index in [9.17, 15) is 9.18 Å². The van der Waals surface area contributed by atoms with E-state index >= 15 is 0 Å². The van der Waals surface area contributed by atoms with Gasteiger partial charge in [-0.2, -0.15) is 9.37 Å². The van der Waals surface area contributed by atoms with E-state index in [-0.39, 0.29) is 24.1 Å². The van der Waals surface area contributed by atoms with Crippen molar-refractivity contribution in [1.29, 1.82) is 0 Å². The second kappa shape index (κ2) is 7.88. The molecule has 120 valence electrons. The van der Waals surface area contributed by atoms with Gasteiger partial charge in [0.1, 0.15) is 13.7 Å². The Morgan fingerprint density at radius 2 is 2.04 bits per heavy atom. The van der Waals surface area contributed by atoms with Crippen LogP contribution >= 0.6 is 0 Å². The van der Waals surface area contributed by atoms with Crippen molar-refractivity contribution in [3.63, 3.8) is 0 Å². The van der Waals surface area contributed by atoms with Crippen LogP contribution in [0.5, 0.6) is 5.88 Å². The fraction of sp³-hybridized carbons (Fsp3) is 0.188. The first kappa shape index (κ1) is 16.4. The maximum Gasteiger partial charge on any atom is 0.273 e. The van der Waals surface area contributed by atoms with Gasteiger partial charge in [0.15, 0.2) is 5.71 Å². The van der Waals surface area contributed by atoms with Crippen molar-refractivity contribution in [2.45, 2.75) is 6.61 Å². The van der Waals surface area contributed by atoms with Crippen molar-refractivity contribution < 1.29 is 18.8 Å². The Balaban J connectivity index is 2.26. The number of pyridine rings is 1. The van der Waals surface area contributed by atoms with Gasteiger partial charge < -0.3 is 14.9 Å². The van der Waals surface area contributed by atoms with Crippen LogP contribution in [0.1, 0.15) is 11.1 Å². The predicted molar refractivity (Wildman–Crippen MR) is 82.6 cm³/mol. The van der Waals surface area contributed by atoms with Crippen molar-refractivity contribution in [3.05, 3.63) is 59.5 Å². The van der Waals surface area contributed by atoms with Crippen LogP contribution in [0.3, 0.4) is 0 Å². The van der Waals surface area contributed by atoms with E-state index < -0.39 is 5.95 Å². The largest absolute Gasteiger partial charge is 0.473 e. The standard InChI is InChI=1S/C16H16FN3O3/c1-18-16(21)15(20-22-2)12-7-4-3-6-11(12)10-23-14-9-5-8-13(17)19-14/h3-9H,10H2,1-2H3,(H,18,21)/b20-15+. The second-order valence-electron chi connectivity index (χ2n) is 4.45. The van der Waals surface area contributed by atoms with Crippen LogP contribution in [0.15, 0.2) is 47.6 Å². The lowest BCUT2D eigenvalue weighted by molar-refractivity contribution is -0.114. The molecule has 0 aliphatic heterocycles. The average Bonchev–Trinajstić information content (AvgIpc) is 2.58. The van der Waals surface area contributed by atoms with Crippen LogP contribution in [0.25, 0.3) is 0 Å². The number of rotatable bonds is 6. The topological polar surface area (TPSA) is 72.8 Å². The Hall–Kier alpha value is -2.96. The summed E-state index contributed by atoms with van der Waals surface area (Å²) in [4.78, 5) is 20.3. The van der Waals surface area contributed by atoms with Crippen molar-refractivity contribution in [2.24, 2.45) is 5.16 Å². The van der Waals surface area contributed by atoms with Crippen molar-refractivity contribution in [1.82, 2.24) is 10.3 Å². The molecule has 0 fully saturated rings. The number of likely N-dealkylation sites (N-methyl/N-ethyl adjacent to an activating group) is 1. The minimum Gasteiger partial charge on any atom is -0.473 e. The molecular formula is C16H16FN3O3. The van der Waals surface area contributed by atoms with Gasteiger partial charge in [-0.25, -0.2) is 0 Å². The molecule has 0 aliphatic rings. The van der Waals surface area contributed by atoms with Crippen LogP contribution in [0.4, 0.5) is 4.39 Å². The van der Waals surface area contributed by atoms with Gasteiger partial charge in [0.2, 0.25) is 11.8 Å². The molecule has 1 N–H and O–H groups in total. The second-order valence-corrected chi connectivity index (χ2v) is 4.45. The van der Waals surface area contributed by atoms with E-state index in [1.165, 1.54) is 26.3 Å². The van der Waals surface area contributed by atoms with E-state index in [2.05, 4.69) is 15.5 Å². The van der Waals surface area contributed by atoms with E-state index in [1.807, 2.05) is 0 Å². The Labute approximate surface area is 132 Å². The van der Waals surface area contributed by atoms with E-state index in [4.69, 9.17) is 9.57 Å². The first-order valence-corrected chi connectivity index (χ1v) is 6.82. The molecule has 0 atom stereocenters. The lowest BCUT2D eigenvalue weighted by Crippen LogP contribution is -2.29. The molecule has 0 spiro atoms. The fourth-order valence-corrected chi connectivity index (χ4v) is 1.92. The Kier molecular flexibility index (Phi) is 5.62. The quantitative estimate of drug-likeness (QED) is 0.502. The first-order chi connectivity index (χ1) is 11.2. The molecule has 0 radical (unpaired) electrons. The third-order valence-electron chi connectivity index (χ3n) is 2.96. The molecule has 7 heteroatoms. The van der Waals surface area contributed by atoms with Crippen LogP contribution in [0.2, 0.25) is 0 Å². The number of amides is 1. The van der Waals surface area contributed by atoms with Crippen LogP contribution in [0, 0.1) is 5.95 Å². The van der Waals surface area contributed by atoms with Gasteiger partial charge in [-0.1, -0.05) is 35.5 Å². The maximum atomic E-state index is 13.1. The minimum absolute atomic E-state index is 0.104. The van der Waals surface area contributed by atoms with Crippen molar-refractivity contribution in [3.8, 4) is 5.88 Å². The average molecular weight is 317 g/mol. The normalized spacial score (nSPS) is 11.0. The smallest absolute Gasteiger partial charge is 0.273 e. The van der Waals surface area contributed by atoms with Gasteiger partial charge in [0.05, 0.1) is 0 Å². The van der Waals surface area contributed by atoms with E-state index in [1.54, 1.807) is 30.3 Å². The molecule has 0 aliphatic carbocycles. The number of aromatic nitrogens is 1. The molecule has 0 saturated carbocycles. The maximum absolute atomic E-state index is 13.1. The van der Waals surface area contributed by atoms with Gasteiger partial charge in [-0.15, -0.1) is 0 Å². The number of ether oxygens (including phenoxy) is 1. The Bertz CT molecular complexity index is 719. The summed E-state index contributed by atoms with van der Waals surface area (Å²) in [6.07, 6.45) is 0. The van der Waals surface area contributed by atoms with Gasteiger partial charge in [-0.05, 0) is 11.6 Å². The molecule has 0 unspecified atom stereocenters. The fourth-order valence-electron chi connectivity index (χ4n) is 1.92. The molecule has 0 bridgehead atoms. The summed E-state index contributed by atoms with van der Waals surface area (Å²) in [5.74, 6) is -0.851. The summed E-state index contributed by atoms with van der Waals surface area (Å²) in [7, 11) is 2.86. The number of benzene rings is 1. The number of nitrogens with one attached hydrogen (secondary N) is 1. The molecule has 2 rings (SSSR count). The molecule has 1 amide bonds. The summed E-state index contributed by atoms with van der Waals surface area (Å²) in [6.45, 7) is 0.104. The molecule has 1 aromatic heterocycles. The van der Waals surface area contributed by atoms with Gasteiger partial charge in [0.25, 0.3) is 5.91 Å². The number of hydrogen-bond acceptors (Lipinski definition) is 5. The lowest BCUT2D eigenvalue weighted by Gasteiger charge is -2.11. The molecule has 6 nitrogen and oxygen atoms in total. The molecule has 1 heterocycles. The van der Waals surface area contributed by atoms with Gasteiger partial charge >= 0.3 is 0 Å². The zero-order valence-corrected chi connectivity index (χ0v) is 12.7. The SMILES string of the molecule is CNC(=O)/C(=N/OC)c1ccccc1COc1cccc(F)n1. The summed E-state index contributed by atoms with van der Waals surface area (Å²) in [5, 5.41) is 6.27. The molecule has 23 heavy (non-hydrogen) atoms. The highest BCUT2D eigenvalue weighted by Gasteiger charge is 2.17. The minimum atomic E-state index is -0.622. The van der Waals surface area contributed by atoms with Crippen molar-refractivity contribution >= 4 is 11.6 Å². The molecule has 0 saturated heterocycles. The lowest BCUT2D eigenvalue weighted by atomic mass is 10.0. The Morgan fingerprint density at radius 3 is 2.74 bits per heavy atom. The molecular weight excluding hydrogens is 301 g/mol. The number of hydrogen-bond donors (Lipinski definition) is 1. The van der Waals surface area contributed by atoms with Gasteiger partial charge in [0, 0.05) is 18.7 Å².